The summed E-state index contributed by atoms with van der Waals surface area (Å²) in [4.78, 5) is 8.26. The van der Waals surface area contributed by atoms with E-state index in [0.717, 1.165) is 6.54 Å². The van der Waals surface area contributed by atoms with Crippen molar-refractivity contribution in [1.82, 2.24) is 9.97 Å². The van der Waals surface area contributed by atoms with E-state index in [4.69, 9.17) is 17.4 Å². The summed E-state index contributed by atoms with van der Waals surface area (Å²) in [7, 11) is 0. The summed E-state index contributed by atoms with van der Waals surface area (Å²) in [5, 5.41) is 3.93. The lowest BCUT2D eigenvalue weighted by Gasteiger charge is -2.31. The minimum Gasteiger partial charge on any atom is -0.368 e. The van der Waals surface area contributed by atoms with Crippen LogP contribution in [0.15, 0.2) is 6.20 Å². The van der Waals surface area contributed by atoms with Gasteiger partial charge in [0.1, 0.15) is 5.02 Å². The maximum atomic E-state index is 6.13. The summed E-state index contributed by atoms with van der Waals surface area (Å²) in [6, 6.07) is 0. The molecule has 1 fully saturated rings. The van der Waals surface area contributed by atoms with E-state index in [1.165, 1.54) is 32.1 Å². The molecule has 2 rings (SSSR count). The van der Waals surface area contributed by atoms with Crippen molar-refractivity contribution in [2.24, 2.45) is 17.2 Å². The SMILES string of the molecule is CC(C)CC1(CNc2nc(NN)ncc2Cl)CCCC1. The molecular formula is C14H24ClN5. The third kappa shape index (κ3) is 3.73. The molecule has 0 spiro atoms. The normalized spacial score (nSPS) is 17.4. The number of rotatable bonds is 6. The van der Waals surface area contributed by atoms with Crippen molar-refractivity contribution in [2.45, 2.75) is 46.0 Å². The Morgan fingerprint density at radius 1 is 1.40 bits per heavy atom. The lowest BCUT2D eigenvalue weighted by molar-refractivity contribution is 0.252. The molecule has 1 heterocycles. The van der Waals surface area contributed by atoms with Crippen LogP contribution in [0.5, 0.6) is 0 Å². The fraction of sp³-hybridized carbons (Fsp3) is 0.714. The van der Waals surface area contributed by atoms with Crippen molar-refractivity contribution < 1.29 is 0 Å². The van der Waals surface area contributed by atoms with Gasteiger partial charge in [0, 0.05) is 6.54 Å². The molecule has 0 bridgehead atoms. The Bertz CT molecular complexity index is 443. The monoisotopic (exact) mass is 297 g/mol. The maximum Gasteiger partial charge on any atom is 0.239 e. The van der Waals surface area contributed by atoms with Crippen LogP contribution < -0.4 is 16.6 Å². The number of nitrogen functional groups attached to an aromatic ring is 1. The van der Waals surface area contributed by atoms with Crippen LogP contribution in [0.3, 0.4) is 0 Å². The smallest absolute Gasteiger partial charge is 0.239 e. The van der Waals surface area contributed by atoms with Crippen LogP contribution in [0, 0.1) is 11.3 Å². The average Bonchev–Trinajstić information content (AvgIpc) is 2.86. The van der Waals surface area contributed by atoms with Crippen molar-refractivity contribution in [3.63, 3.8) is 0 Å². The molecule has 4 N–H and O–H groups in total. The molecular weight excluding hydrogens is 274 g/mol. The summed E-state index contributed by atoms with van der Waals surface area (Å²) in [5.74, 6) is 7.07. The van der Waals surface area contributed by atoms with Gasteiger partial charge in [0.05, 0.1) is 6.20 Å². The minimum atomic E-state index is 0.374. The molecule has 1 aliphatic carbocycles. The van der Waals surface area contributed by atoms with Gasteiger partial charge >= 0.3 is 0 Å². The molecule has 0 radical (unpaired) electrons. The molecule has 1 saturated carbocycles. The summed E-state index contributed by atoms with van der Waals surface area (Å²) in [6.07, 6.45) is 8.01. The number of nitrogens with zero attached hydrogens (tertiary/aromatic N) is 2. The highest BCUT2D eigenvalue weighted by Crippen LogP contribution is 2.43. The predicted molar refractivity (Wildman–Crippen MR) is 83.7 cm³/mol. The number of hydrazine groups is 1. The number of hydrogen-bond acceptors (Lipinski definition) is 5. The Morgan fingerprint density at radius 2 is 2.10 bits per heavy atom. The van der Waals surface area contributed by atoms with Gasteiger partial charge in [-0.15, -0.1) is 0 Å². The van der Waals surface area contributed by atoms with Gasteiger partial charge < -0.3 is 5.32 Å². The Labute approximate surface area is 125 Å². The zero-order valence-electron chi connectivity index (χ0n) is 12.2. The van der Waals surface area contributed by atoms with Gasteiger partial charge in [-0.05, 0) is 30.6 Å². The number of nitrogens with two attached hydrogens (primary N) is 1. The third-order valence-electron chi connectivity index (χ3n) is 4.01. The minimum absolute atomic E-state index is 0.374. The van der Waals surface area contributed by atoms with Crippen molar-refractivity contribution in [1.29, 1.82) is 0 Å². The number of aromatic nitrogens is 2. The van der Waals surface area contributed by atoms with E-state index < -0.39 is 0 Å². The number of halogens is 1. The van der Waals surface area contributed by atoms with E-state index in [1.54, 1.807) is 6.20 Å². The van der Waals surface area contributed by atoms with Crippen LogP contribution in [-0.2, 0) is 0 Å². The van der Waals surface area contributed by atoms with Gasteiger partial charge in [0.25, 0.3) is 0 Å². The second-order valence-corrected chi connectivity index (χ2v) is 6.60. The summed E-state index contributed by atoms with van der Waals surface area (Å²) < 4.78 is 0. The van der Waals surface area contributed by atoms with Crippen molar-refractivity contribution in [2.75, 3.05) is 17.3 Å². The lowest BCUT2D eigenvalue weighted by Crippen LogP contribution is -2.29. The summed E-state index contributed by atoms with van der Waals surface area (Å²) in [6.45, 7) is 5.48. The van der Waals surface area contributed by atoms with Gasteiger partial charge in [-0.25, -0.2) is 10.8 Å². The zero-order chi connectivity index (χ0) is 14.6. The van der Waals surface area contributed by atoms with E-state index in [9.17, 15) is 0 Å². The highest BCUT2D eigenvalue weighted by atomic mass is 35.5. The zero-order valence-corrected chi connectivity index (χ0v) is 13.0. The van der Waals surface area contributed by atoms with Crippen LogP contribution in [0.4, 0.5) is 11.8 Å². The molecule has 20 heavy (non-hydrogen) atoms. The van der Waals surface area contributed by atoms with Crippen LogP contribution in [0.1, 0.15) is 46.0 Å². The Morgan fingerprint density at radius 3 is 2.70 bits per heavy atom. The van der Waals surface area contributed by atoms with Crippen LogP contribution in [-0.4, -0.2) is 16.5 Å². The second-order valence-electron chi connectivity index (χ2n) is 6.19. The average molecular weight is 298 g/mol. The number of hydrogen-bond donors (Lipinski definition) is 3. The largest absolute Gasteiger partial charge is 0.368 e. The molecule has 6 heteroatoms. The highest BCUT2D eigenvalue weighted by molar-refractivity contribution is 6.32. The van der Waals surface area contributed by atoms with Crippen LogP contribution in [0.2, 0.25) is 5.02 Å². The van der Waals surface area contributed by atoms with Crippen LogP contribution in [0.25, 0.3) is 0 Å². The molecule has 0 saturated heterocycles. The Hall–Kier alpha value is -1.07. The Kier molecular flexibility index (Phi) is 5.05. The first-order valence-corrected chi connectivity index (χ1v) is 7.65. The fourth-order valence-electron chi connectivity index (χ4n) is 3.28. The topological polar surface area (TPSA) is 75.9 Å². The summed E-state index contributed by atoms with van der Waals surface area (Å²) >= 11 is 6.13. The Balaban J connectivity index is 2.06. The molecule has 112 valence electrons. The number of nitrogens with one attached hydrogen (secondary N) is 2. The molecule has 0 aromatic carbocycles. The van der Waals surface area contributed by atoms with Crippen molar-refractivity contribution >= 4 is 23.4 Å². The molecule has 5 nitrogen and oxygen atoms in total. The van der Waals surface area contributed by atoms with Gasteiger partial charge in [-0.2, -0.15) is 4.98 Å². The lowest BCUT2D eigenvalue weighted by atomic mass is 9.78. The second kappa shape index (κ2) is 6.59. The first kappa shape index (κ1) is 15.3. The van der Waals surface area contributed by atoms with E-state index in [0.29, 0.717) is 28.1 Å². The standard InChI is InChI=1S/C14H24ClN5/c1-10(2)7-14(5-3-4-6-14)9-18-12-11(15)8-17-13(19-12)20-16/h8,10H,3-7,9,16H2,1-2H3,(H2,17,18,19,20). The van der Waals surface area contributed by atoms with Crippen molar-refractivity contribution in [3.05, 3.63) is 11.2 Å². The van der Waals surface area contributed by atoms with Gasteiger partial charge in [0.2, 0.25) is 5.95 Å². The summed E-state index contributed by atoms with van der Waals surface area (Å²) in [5.41, 5.74) is 2.82. The van der Waals surface area contributed by atoms with E-state index >= 15 is 0 Å². The third-order valence-corrected chi connectivity index (χ3v) is 4.29. The van der Waals surface area contributed by atoms with Gasteiger partial charge in [0.15, 0.2) is 5.82 Å². The maximum absolute atomic E-state index is 6.13. The molecule has 0 aliphatic heterocycles. The molecule has 1 aliphatic rings. The first-order chi connectivity index (χ1) is 9.54. The predicted octanol–water partition coefficient (Wildman–Crippen LogP) is 3.43. The molecule has 0 unspecified atom stereocenters. The molecule has 0 amide bonds. The first-order valence-electron chi connectivity index (χ1n) is 7.28. The number of anilines is 2. The van der Waals surface area contributed by atoms with E-state index in [1.807, 2.05) is 0 Å². The van der Waals surface area contributed by atoms with Gasteiger partial charge in [-0.3, -0.25) is 5.43 Å². The highest BCUT2D eigenvalue weighted by Gasteiger charge is 2.34. The van der Waals surface area contributed by atoms with Crippen LogP contribution >= 0.6 is 11.6 Å². The van der Waals surface area contributed by atoms with Crippen molar-refractivity contribution in [3.8, 4) is 0 Å². The molecule has 1 aromatic heterocycles. The van der Waals surface area contributed by atoms with E-state index in [2.05, 4.69) is 34.6 Å². The molecule has 1 aromatic rings. The fourth-order valence-corrected chi connectivity index (χ4v) is 3.43. The molecule has 0 atom stereocenters. The van der Waals surface area contributed by atoms with Gasteiger partial charge in [-0.1, -0.05) is 38.3 Å². The van der Waals surface area contributed by atoms with E-state index in [-0.39, 0.29) is 0 Å². The quantitative estimate of drug-likeness (QED) is 0.554.